The van der Waals surface area contributed by atoms with Crippen molar-refractivity contribution in [3.8, 4) is 0 Å². The zero-order valence-corrected chi connectivity index (χ0v) is 11.9. The SMILES string of the molecule is CNCc1nc(CN2CCC(C)C(C)C2)cs1. The minimum atomic E-state index is 0.819. The van der Waals surface area contributed by atoms with E-state index in [1.807, 2.05) is 7.05 Å². The summed E-state index contributed by atoms with van der Waals surface area (Å²) in [6.07, 6.45) is 1.33. The summed E-state index contributed by atoms with van der Waals surface area (Å²) in [5.74, 6) is 1.70. The summed E-state index contributed by atoms with van der Waals surface area (Å²) < 4.78 is 0. The van der Waals surface area contributed by atoms with Crippen molar-refractivity contribution in [3.05, 3.63) is 16.1 Å². The Morgan fingerprint density at radius 1 is 1.47 bits per heavy atom. The smallest absolute Gasteiger partial charge is 0.107 e. The van der Waals surface area contributed by atoms with Gasteiger partial charge in [-0.25, -0.2) is 4.98 Å². The van der Waals surface area contributed by atoms with Crippen LogP contribution >= 0.6 is 11.3 Å². The monoisotopic (exact) mass is 253 g/mol. The van der Waals surface area contributed by atoms with Gasteiger partial charge in [0, 0.05) is 25.0 Å². The van der Waals surface area contributed by atoms with Gasteiger partial charge in [0.2, 0.25) is 0 Å². The summed E-state index contributed by atoms with van der Waals surface area (Å²) >= 11 is 1.76. The Hall–Kier alpha value is -0.450. The maximum atomic E-state index is 4.65. The second kappa shape index (κ2) is 5.94. The molecule has 0 amide bonds. The third kappa shape index (κ3) is 3.50. The van der Waals surface area contributed by atoms with Crippen LogP contribution in [0.5, 0.6) is 0 Å². The van der Waals surface area contributed by atoms with Crippen LogP contribution in [-0.4, -0.2) is 30.0 Å². The van der Waals surface area contributed by atoms with Crippen LogP contribution in [-0.2, 0) is 13.1 Å². The summed E-state index contributed by atoms with van der Waals surface area (Å²) in [6, 6.07) is 0. The number of nitrogens with zero attached hydrogens (tertiary/aromatic N) is 2. The first-order valence-electron chi connectivity index (χ1n) is 6.49. The highest BCUT2D eigenvalue weighted by Gasteiger charge is 2.22. The van der Waals surface area contributed by atoms with Crippen LogP contribution in [0.2, 0.25) is 0 Å². The first kappa shape index (κ1) is 13.0. The predicted octanol–water partition coefficient (Wildman–Crippen LogP) is 2.34. The molecular formula is C13H23N3S. The van der Waals surface area contributed by atoms with Gasteiger partial charge in [0.15, 0.2) is 0 Å². The fourth-order valence-corrected chi connectivity index (χ4v) is 3.17. The number of aromatic nitrogens is 1. The molecule has 96 valence electrons. The van der Waals surface area contributed by atoms with Crippen LogP contribution in [0.3, 0.4) is 0 Å². The molecule has 1 aliphatic heterocycles. The number of piperidine rings is 1. The highest BCUT2D eigenvalue weighted by molar-refractivity contribution is 7.09. The van der Waals surface area contributed by atoms with Crippen LogP contribution in [0.15, 0.2) is 5.38 Å². The van der Waals surface area contributed by atoms with E-state index in [9.17, 15) is 0 Å². The number of rotatable bonds is 4. The lowest BCUT2D eigenvalue weighted by molar-refractivity contribution is 0.131. The maximum Gasteiger partial charge on any atom is 0.107 e. The Bertz CT molecular complexity index is 350. The van der Waals surface area contributed by atoms with Crippen molar-refractivity contribution in [3.63, 3.8) is 0 Å². The molecule has 17 heavy (non-hydrogen) atoms. The Morgan fingerprint density at radius 3 is 3.00 bits per heavy atom. The van der Waals surface area contributed by atoms with E-state index in [1.54, 1.807) is 11.3 Å². The lowest BCUT2D eigenvalue weighted by Crippen LogP contribution is -2.37. The van der Waals surface area contributed by atoms with E-state index in [1.165, 1.54) is 30.2 Å². The van der Waals surface area contributed by atoms with Crippen molar-refractivity contribution in [1.29, 1.82) is 0 Å². The van der Waals surface area contributed by atoms with Gasteiger partial charge in [-0.3, -0.25) is 4.90 Å². The molecule has 3 nitrogen and oxygen atoms in total. The van der Waals surface area contributed by atoms with E-state index >= 15 is 0 Å². The number of hydrogen-bond acceptors (Lipinski definition) is 4. The first-order chi connectivity index (χ1) is 8.19. The molecule has 1 fully saturated rings. The fourth-order valence-electron chi connectivity index (χ4n) is 2.38. The average Bonchev–Trinajstić information content (AvgIpc) is 2.72. The predicted molar refractivity (Wildman–Crippen MR) is 73.1 cm³/mol. The molecule has 0 aliphatic carbocycles. The van der Waals surface area contributed by atoms with Crippen molar-refractivity contribution in [2.24, 2.45) is 11.8 Å². The van der Waals surface area contributed by atoms with E-state index in [-0.39, 0.29) is 0 Å². The quantitative estimate of drug-likeness (QED) is 0.893. The highest BCUT2D eigenvalue weighted by Crippen LogP contribution is 2.23. The van der Waals surface area contributed by atoms with Crippen molar-refractivity contribution in [1.82, 2.24) is 15.2 Å². The molecule has 1 aliphatic rings. The van der Waals surface area contributed by atoms with E-state index in [0.29, 0.717) is 0 Å². The van der Waals surface area contributed by atoms with Gasteiger partial charge in [-0.15, -0.1) is 11.3 Å². The Balaban J connectivity index is 1.87. The number of likely N-dealkylation sites (tertiary alicyclic amines) is 1. The molecule has 0 radical (unpaired) electrons. The molecular weight excluding hydrogens is 230 g/mol. The van der Waals surface area contributed by atoms with Crippen molar-refractivity contribution in [2.75, 3.05) is 20.1 Å². The fraction of sp³-hybridized carbons (Fsp3) is 0.769. The van der Waals surface area contributed by atoms with Gasteiger partial charge in [0.1, 0.15) is 5.01 Å². The molecule has 2 rings (SSSR count). The Kier molecular flexibility index (Phi) is 4.54. The summed E-state index contributed by atoms with van der Waals surface area (Å²) in [5, 5.41) is 6.55. The molecule has 1 saturated heterocycles. The molecule has 0 spiro atoms. The van der Waals surface area contributed by atoms with Crippen molar-refractivity contribution in [2.45, 2.75) is 33.4 Å². The molecule has 0 saturated carbocycles. The first-order valence-corrected chi connectivity index (χ1v) is 7.37. The summed E-state index contributed by atoms with van der Waals surface area (Å²) in [6.45, 7) is 9.10. The van der Waals surface area contributed by atoms with Crippen LogP contribution < -0.4 is 5.32 Å². The van der Waals surface area contributed by atoms with Gasteiger partial charge in [0.05, 0.1) is 5.69 Å². The van der Waals surface area contributed by atoms with Crippen LogP contribution in [0, 0.1) is 11.8 Å². The normalized spacial score (nSPS) is 26.3. The maximum absolute atomic E-state index is 4.65. The van der Waals surface area contributed by atoms with E-state index in [0.717, 1.165) is 24.9 Å². The van der Waals surface area contributed by atoms with Gasteiger partial charge in [-0.1, -0.05) is 13.8 Å². The number of nitrogens with one attached hydrogen (secondary N) is 1. The van der Waals surface area contributed by atoms with Crippen molar-refractivity contribution >= 4 is 11.3 Å². The van der Waals surface area contributed by atoms with E-state index in [2.05, 4.69) is 34.4 Å². The molecule has 1 aromatic rings. The Morgan fingerprint density at radius 2 is 2.29 bits per heavy atom. The third-order valence-corrected chi connectivity index (χ3v) is 4.63. The number of hydrogen-bond donors (Lipinski definition) is 1. The van der Waals surface area contributed by atoms with Crippen molar-refractivity contribution < 1.29 is 0 Å². The second-order valence-corrected chi connectivity index (χ2v) is 6.18. The van der Waals surface area contributed by atoms with Gasteiger partial charge in [0.25, 0.3) is 0 Å². The molecule has 4 heteroatoms. The number of thiazole rings is 1. The minimum Gasteiger partial charge on any atom is -0.314 e. The van der Waals surface area contributed by atoms with Gasteiger partial charge < -0.3 is 5.32 Å². The van der Waals surface area contributed by atoms with E-state index in [4.69, 9.17) is 0 Å². The molecule has 0 aromatic carbocycles. The van der Waals surface area contributed by atoms with E-state index < -0.39 is 0 Å². The molecule has 1 aromatic heterocycles. The van der Waals surface area contributed by atoms with Crippen LogP contribution in [0.25, 0.3) is 0 Å². The van der Waals surface area contributed by atoms with Gasteiger partial charge in [-0.2, -0.15) is 0 Å². The lowest BCUT2D eigenvalue weighted by atomic mass is 9.89. The second-order valence-electron chi connectivity index (χ2n) is 5.24. The third-order valence-electron chi connectivity index (χ3n) is 3.73. The molecule has 2 unspecified atom stereocenters. The summed E-state index contributed by atoms with van der Waals surface area (Å²) in [7, 11) is 1.97. The van der Waals surface area contributed by atoms with Gasteiger partial charge >= 0.3 is 0 Å². The summed E-state index contributed by atoms with van der Waals surface area (Å²) in [5.41, 5.74) is 1.24. The average molecular weight is 253 g/mol. The topological polar surface area (TPSA) is 28.2 Å². The summed E-state index contributed by atoms with van der Waals surface area (Å²) in [4.78, 5) is 7.20. The van der Waals surface area contributed by atoms with Gasteiger partial charge in [-0.05, 0) is 31.8 Å². The highest BCUT2D eigenvalue weighted by atomic mass is 32.1. The zero-order chi connectivity index (χ0) is 12.3. The molecule has 2 heterocycles. The lowest BCUT2D eigenvalue weighted by Gasteiger charge is -2.34. The zero-order valence-electron chi connectivity index (χ0n) is 11.1. The molecule has 0 bridgehead atoms. The van der Waals surface area contributed by atoms with Crippen LogP contribution in [0.4, 0.5) is 0 Å². The minimum absolute atomic E-state index is 0.819. The standard InChI is InChI=1S/C13H23N3S/c1-10-4-5-16(7-11(10)2)8-12-9-17-13(15-12)6-14-3/h9-11,14H,4-8H2,1-3H3. The van der Waals surface area contributed by atoms with Crippen LogP contribution in [0.1, 0.15) is 31.0 Å². The molecule has 1 N–H and O–H groups in total. The Labute approximate surface area is 108 Å². The largest absolute Gasteiger partial charge is 0.314 e. The molecule has 2 atom stereocenters.